The fourth-order valence-electron chi connectivity index (χ4n) is 1.10. The van der Waals surface area contributed by atoms with Gasteiger partial charge < -0.3 is 15.2 Å². The first-order valence-corrected chi connectivity index (χ1v) is 3.89. The SMILES string of the molecule is COc1ccc(N([O-])O)c(CC#N)c1. The summed E-state index contributed by atoms with van der Waals surface area (Å²) in [5.74, 6) is 0.542. The van der Waals surface area contributed by atoms with Gasteiger partial charge in [-0.2, -0.15) is 5.26 Å². The van der Waals surface area contributed by atoms with Crippen LogP contribution in [0.4, 0.5) is 5.69 Å². The van der Waals surface area contributed by atoms with Crippen LogP contribution in [0.25, 0.3) is 0 Å². The van der Waals surface area contributed by atoms with Crippen molar-refractivity contribution in [3.8, 4) is 11.8 Å². The average molecular weight is 193 g/mol. The Morgan fingerprint density at radius 2 is 2.36 bits per heavy atom. The number of hydrogen-bond acceptors (Lipinski definition) is 5. The van der Waals surface area contributed by atoms with Crippen molar-refractivity contribution in [3.05, 3.63) is 29.0 Å². The highest BCUT2D eigenvalue weighted by Gasteiger charge is 2.04. The summed E-state index contributed by atoms with van der Waals surface area (Å²) >= 11 is 0. The Morgan fingerprint density at radius 3 is 2.86 bits per heavy atom. The molecule has 0 aliphatic heterocycles. The third kappa shape index (κ3) is 2.13. The van der Waals surface area contributed by atoms with Crippen LogP contribution in [0.5, 0.6) is 5.75 Å². The Bertz CT molecular complexity index is 358. The zero-order valence-electron chi connectivity index (χ0n) is 7.60. The van der Waals surface area contributed by atoms with E-state index in [1.54, 1.807) is 6.07 Å². The number of anilines is 1. The topological polar surface area (TPSA) is 79.6 Å². The first kappa shape index (κ1) is 10.3. The average Bonchev–Trinajstić information content (AvgIpc) is 2.17. The molecule has 0 aliphatic carbocycles. The van der Waals surface area contributed by atoms with E-state index in [1.165, 1.54) is 19.2 Å². The maximum absolute atomic E-state index is 10.7. The molecule has 1 N–H and O–H groups in total. The molecule has 1 rings (SSSR count). The van der Waals surface area contributed by atoms with Crippen molar-refractivity contribution in [1.82, 2.24) is 0 Å². The third-order valence-electron chi connectivity index (χ3n) is 1.76. The van der Waals surface area contributed by atoms with E-state index in [0.29, 0.717) is 11.3 Å². The van der Waals surface area contributed by atoms with Gasteiger partial charge in [-0.15, -0.1) is 0 Å². The lowest BCUT2D eigenvalue weighted by molar-refractivity contribution is 0.295. The summed E-state index contributed by atoms with van der Waals surface area (Å²) in [5, 5.41) is 27.6. The summed E-state index contributed by atoms with van der Waals surface area (Å²) in [4.78, 5) is 0. The molecule has 5 nitrogen and oxygen atoms in total. The van der Waals surface area contributed by atoms with E-state index >= 15 is 0 Å². The smallest absolute Gasteiger partial charge is 0.119 e. The lowest BCUT2D eigenvalue weighted by Gasteiger charge is -2.24. The van der Waals surface area contributed by atoms with Gasteiger partial charge in [0.15, 0.2) is 0 Å². The second-order valence-corrected chi connectivity index (χ2v) is 2.60. The van der Waals surface area contributed by atoms with Crippen LogP contribution in [-0.4, -0.2) is 12.3 Å². The second kappa shape index (κ2) is 4.46. The largest absolute Gasteiger partial charge is 0.733 e. The van der Waals surface area contributed by atoms with Gasteiger partial charge in [0.25, 0.3) is 0 Å². The van der Waals surface area contributed by atoms with Gasteiger partial charge in [-0.3, -0.25) is 5.21 Å². The van der Waals surface area contributed by atoms with Crippen LogP contribution < -0.4 is 9.96 Å². The molecular formula is C9H9N2O3-. The maximum atomic E-state index is 10.7. The second-order valence-electron chi connectivity index (χ2n) is 2.60. The lowest BCUT2D eigenvalue weighted by atomic mass is 10.1. The van der Waals surface area contributed by atoms with Gasteiger partial charge in [-0.25, -0.2) is 0 Å². The number of nitrogens with zero attached hydrogens (tertiary/aromatic N) is 2. The monoisotopic (exact) mass is 193 g/mol. The third-order valence-corrected chi connectivity index (χ3v) is 1.76. The Labute approximate surface area is 81.3 Å². The first-order chi connectivity index (χ1) is 6.69. The van der Waals surface area contributed by atoms with E-state index in [9.17, 15) is 5.21 Å². The van der Waals surface area contributed by atoms with Crippen molar-refractivity contribution in [2.45, 2.75) is 6.42 Å². The molecule has 1 aromatic carbocycles. The van der Waals surface area contributed by atoms with Crippen molar-refractivity contribution < 1.29 is 9.94 Å². The normalized spacial score (nSPS) is 9.29. The molecule has 5 heteroatoms. The summed E-state index contributed by atoms with van der Waals surface area (Å²) in [5.41, 5.74) is 0.497. The molecule has 0 aromatic heterocycles. The molecule has 0 unspecified atom stereocenters. The molecule has 0 atom stereocenters. The van der Waals surface area contributed by atoms with Crippen LogP contribution in [0.1, 0.15) is 5.56 Å². The molecular weight excluding hydrogens is 184 g/mol. The highest BCUT2D eigenvalue weighted by atomic mass is 16.8. The van der Waals surface area contributed by atoms with Crippen LogP contribution in [-0.2, 0) is 6.42 Å². The van der Waals surface area contributed by atoms with E-state index in [0.717, 1.165) is 0 Å². The number of nitriles is 1. The Hall–Kier alpha value is -1.77. The van der Waals surface area contributed by atoms with Crippen molar-refractivity contribution in [2.75, 3.05) is 12.3 Å². The highest BCUT2D eigenvalue weighted by molar-refractivity contribution is 5.55. The molecule has 0 aliphatic rings. The molecule has 1 aromatic rings. The summed E-state index contributed by atoms with van der Waals surface area (Å²) in [6.45, 7) is 0. The molecule has 0 bridgehead atoms. The zero-order chi connectivity index (χ0) is 10.6. The molecule has 0 saturated heterocycles. The molecule has 0 radical (unpaired) electrons. The minimum Gasteiger partial charge on any atom is -0.733 e. The van der Waals surface area contributed by atoms with Crippen molar-refractivity contribution >= 4 is 5.69 Å². The van der Waals surface area contributed by atoms with E-state index in [4.69, 9.17) is 15.2 Å². The van der Waals surface area contributed by atoms with Gasteiger partial charge in [-0.1, -0.05) is 0 Å². The zero-order valence-corrected chi connectivity index (χ0v) is 7.60. The van der Waals surface area contributed by atoms with E-state index < -0.39 is 0 Å². The van der Waals surface area contributed by atoms with Gasteiger partial charge >= 0.3 is 0 Å². The van der Waals surface area contributed by atoms with Gasteiger partial charge in [0.1, 0.15) is 5.75 Å². The molecule has 0 saturated carbocycles. The molecule has 0 spiro atoms. The minimum atomic E-state index is -0.258. The Kier molecular flexibility index (Phi) is 3.29. The van der Waals surface area contributed by atoms with Crippen LogP contribution in [0.2, 0.25) is 0 Å². The fraction of sp³-hybridized carbons (Fsp3) is 0.222. The minimum absolute atomic E-state index is 0.0475. The first-order valence-electron chi connectivity index (χ1n) is 3.89. The van der Waals surface area contributed by atoms with Crippen molar-refractivity contribution in [3.63, 3.8) is 0 Å². The van der Waals surface area contributed by atoms with Gasteiger partial charge in [-0.05, 0) is 23.8 Å². The molecule has 14 heavy (non-hydrogen) atoms. The predicted molar refractivity (Wildman–Crippen MR) is 49.9 cm³/mol. The standard InChI is InChI=1S/C9H9N2O3/c1-14-8-2-3-9(11(12)13)7(6-8)4-5-10/h2-3,6,12H,4H2,1H3/q-1. The lowest BCUT2D eigenvalue weighted by Crippen LogP contribution is -2.09. The summed E-state index contributed by atoms with van der Waals surface area (Å²) < 4.78 is 4.92. The molecule has 74 valence electrons. The van der Waals surface area contributed by atoms with Gasteiger partial charge in [0.05, 0.1) is 25.3 Å². The van der Waals surface area contributed by atoms with Gasteiger partial charge in [0, 0.05) is 0 Å². The molecule has 0 heterocycles. The van der Waals surface area contributed by atoms with Crippen LogP contribution in [0, 0.1) is 16.5 Å². The number of benzene rings is 1. The fourth-order valence-corrected chi connectivity index (χ4v) is 1.10. The van der Waals surface area contributed by atoms with Crippen LogP contribution >= 0.6 is 0 Å². The number of ether oxygens (including phenoxy) is 1. The van der Waals surface area contributed by atoms with Crippen molar-refractivity contribution in [1.29, 1.82) is 5.26 Å². The van der Waals surface area contributed by atoms with E-state index in [1.807, 2.05) is 6.07 Å². The quantitative estimate of drug-likeness (QED) is 0.735. The molecule has 0 fully saturated rings. The molecule has 0 amide bonds. The maximum Gasteiger partial charge on any atom is 0.119 e. The van der Waals surface area contributed by atoms with E-state index in [2.05, 4.69) is 0 Å². The summed E-state index contributed by atoms with van der Waals surface area (Å²) in [6, 6.07) is 6.38. The highest BCUT2D eigenvalue weighted by Crippen LogP contribution is 2.24. The Morgan fingerprint density at radius 1 is 1.64 bits per heavy atom. The van der Waals surface area contributed by atoms with Gasteiger partial charge in [0.2, 0.25) is 0 Å². The van der Waals surface area contributed by atoms with Crippen LogP contribution in [0.15, 0.2) is 18.2 Å². The van der Waals surface area contributed by atoms with Crippen molar-refractivity contribution in [2.24, 2.45) is 0 Å². The number of hydrogen-bond donors (Lipinski definition) is 1. The van der Waals surface area contributed by atoms with E-state index in [-0.39, 0.29) is 17.3 Å². The predicted octanol–water partition coefficient (Wildman–Crippen LogP) is 1.45. The van der Waals surface area contributed by atoms with Crippen LogP contribution in [0.3, 0.4) is 0 Å². The Balaban J connectivity index is 3.11. The number of methoxy groups -OCH3 is 1. The summed E-state index contributed by atoms with van der Waals surface area (Å²) in [7, 11) is 1.49. The summed E-state index contributed by atoms with van der Waals surface area (Å²) in [6.07, 6.45) is 0.0475. The number of rotatable bonds is 3.